The van der Waals surface area contributed by atoms with E-state index in [0.717, 1.165) is 0 Å². The average Bonchev–Trinajstić information content (AvgIpc) is 1.82. The fourth-order valence-electron chi connectivity index (χ4n) is 0.448. The fraction of sp³-hybridized carbons (Fsp3) is 1.00. The number of hydrogen-bond acceptors (Lipinski definition) is 4. The average molecular weight is 393 g/mol. The van der Waals surface area contributed by atoms with Gasteiger partial charge in [0.05, 0.1) is 6.61 Å². The third-order valence-electron chi connectivity index (χ3n) is 0.855. The minimum Gasteiger partial charge on any atom is -0.310 e. The Morgan fingerprint density at radius 1 is 1.77 bits per heavy atom. The van der Waals surface area contributed by atoms with Crippen LogP contribution in [0.4, 0.5) is 4.39 Å². The predicted molar refractivity (Wildman–Crippen MR) is 54.8 cm³/mol. The summed E-state index contributed by atoms with van der Waals surface area (Å²) in [4.78, 5) is 0. The summed E-state index contributed by atoms with van der Waals surface area (Å²) >= 11 is 4.29. The minimum absolute atomic E-state index is 0.257. The molecule has 0 radical (unpaired) electrons. The Labute approximate surface area is 97.0 Å². The lowest BCUT2D eigenvalue weighted by atomic mass is 10.9. The summed E-state index contributed by atoms with van der Waals surface area (Å²) in [6.07, 6.45) is 0. The number of halogens is 3. The maximum Gasteiger partial charge on any atom is 0.454 e. The first-order chi connectivity index (χ1) is 5.73. The molecule has 1 N–H and O–H groups in total. The van der Waals surface area contributed by atoms with Crippen molar-refractivity contribution < 1.29 is 26.8 Å². The molecule has 2 unspecified atom stereocenters. The Hall–Kier alpha value is 0.970. The molecule has 0 aliphatic heterocycles. The molecule has 0 amide bonds. The SMILES string of the molecule is CCOC(F)(OC(Br)I)S(=O)(=O)O. The van der Waals surface area contributed by atoms with Crippen molar-refractivity contribution in [2.45, 2.75) is 15.3 Å². The van der Waals surface area contributed by atoms with Gasteiger partial charge in [-0.1, -0.05) is 0 Å². The van der Waals surface area contributed by atoms with E-state index in [1.807, 2.05) is 0 Å². The molecule has 0 saturated heterocycles. The van der Waals surface area contributed by atoms with Gasteiger partial charge in [0.1, 0.15) is 0 Å². The molecule has 0 aromatic rings. The molecule has 0 aliphatic carbocycles. The molecule has 0 fully saturated rings. The van der Waals surface area contributed by atoms with Crippen molar-refractivity contribution in [2.75, 3.05) is 6.61 Å². The number of ether oxygens (including phenoxy) is 2. The summed E-state index contributed by atoms with van der Waals surface area (Å²) in [5.41, 5.74) is 0. The van der Waals surface area contributed by atoms with Crippen LogP contribution in [0.2, 0.25) is 0 Å². The van der Waals surface area contributed by atoms with Gasteiger partial charge in [0.2, 0.25) is 0 Å². The van der Waals surface area contributed by atoms with Gasteiger partial charge >= 0.3 is 15.5 Å². The van der Waals surface area contributed by atoms with Gasteiger partial charge in [-0.25, -0.2) is 0 Å². The minimum atomic E-state index is -5.07. The normalized spacial score (nSPS) is 19.5. The van der Waals surface area contributed by atoms with Gasteiger partial charge in [-0.3, -0.25) is 9.29 Å². The zero-order chi connectivity index (χ0) is 10.7. The van der Waals surface area contributed by atoms with E-state index in [1.165, 1.54) is 6.92 Å². The molecule has 13 heavy (non-hydrogen) atoms. The molecule has 0 saturated carbocycles. The summed E-state index contributed by atoms with van der Waals surface area (Å²) in [7, 11) is -5.07. The lowest BCUT2D eigenvalue weighted by Gasteiger charge is -2.21. The van der Waals surface area contributed by atoms with Crippen LogP contribution in [-0.2, 0) is 19.6 Å². The van der Waals surface area contributed by atoms with Gasteiger partial charge in [-0.2, -0.15) is 12.8 Å². The number of hydrogen-bond donors (Lipinski definition) is 1. The van der Waals surface area contributed by atoms with Gasteiger partial charge in [-0.05, 0) is 45.4 Å². The highest BCUT2D eigenvalue weighted by Gasteiger charge is 2.48. The first kappa shape index (κ1) is 14.0. The lowest BCUT2D eigenvalue weighted by Crippen LogP contribution is -2.40. The van der Waals surface area contributed by atoms with E-state index >= 15 is 0 Å². The smallest absolute Gasteiger partial charge is 0.310 e. The Morgan fingerprint density at radius 2 is 2.23 bits per heavy atom. The van der Waals surface area contributed by atoms with E-state index in [-0.39, 0.29) is 6.61 Å². The molecule has 0 aromatic heterocycles. The quantitative estimate of drug-likeness (QED) is 0.333. The standard InChI is InChI=1S/C4H7BrFIO5S/c1-2-11-4(6,12-3(5)7)13(8,9)10/h3H,2H2,1H3,(H,8,9,10). The predicted octanol–water partition coefficient (Wildman–Crippen LogP) is 1.62. The van der Waals surface area contributed by atoms with Crippen LogP contribution in [0.3, 0.4) is 0 Å². The zero-order valence-corrected chi connectivity index (χ0v) is 11.0. The molecule has 0 heterocycles. The second-order valence-electron chi connectivity index (χ2n) is 1.77. The molecular formula is C4H7BrFIO5S. The van der Waals surface area contributed by atoms with Gasteiger partial charge in [0.25, 0.3) is 0 Å². The second kappa shape index (κ2) is 5.16. The van der Waals surface area contributed by atoms with E-state index in [1.54, 1.807) is 22.6 Å². The van der Waals surface area contributed by atoms with Crippen molar-refractivity contribution in [1.29, 1.82) is 0 Å². The summed E-state index contributed by atoms with van der Waals surface area (Å²) < 4.78 is 50.1. The van der Waals surface area contributed by atoms with E-state index in [4.69, 9.17) is 4.55 Å². The van der Waals surface area contributed by atoms with Crippen LogP contribution in [0.25, 0.3) is 0 Å². The van der Waals surface area contributed by atoms with Crippen LogP contribution >= 0.6 is 38.5 Å². The third-order valence-corrected chi connectivity index (χ3v) is 2.13. The summed E-state index contributed by atoms with van der Waals surface area (Å²) in [5, 5.41) is -3.52. The van der Waals surface area contributed by atoms with Gasteiger partial charge in [0.15, 0.2) is 3.02 Å². The van der Waals surface area contributed by atoms with Crippen molar-refractivity contribution in [1.82, 2.24) is 0 Å². The maximum atomic E-state index is 13.2. The molecule has 0 spiro atoms. The van der Waals surface area contributed by atoms with Crippen LogP contribution in [0.1, 0.15) is 6.92 Å². The van der Waals surface area contributed by atoms with Crippen LogP contribution in [0.5, 0.6) is 0 Å². The third kappa shape index (κ3) is 4.34. The lowest BCUT2D eigenvalue weighted by molar-refractivity contribution is -0.249. The van der Waals surface area contributed by atoms with E-state index in [0.29, 0.717) is 0 Å². The largest absolute Gasteiger partial charge is 0.454 e. The van der Waals surface area contributed by atoms with Crippen LogP contribution in [0.15, 0.2) is 0 Å². The van der Waals surface area contributed by atoms with E-state index in [9.17, 15) is 12.8 Å². The second-order valence-corrected chi connectivity index (χ2v) is 6.88. The molecule has 0 rings (SSSR count). The van der Waals surface area contributed by atoms with Crippen molar-refractivity contribution in [3.05, 3.63) is 0 Å². The molecule has 9 heteroatoms. The molecular weight excluding hydrogens is 386 g/mol. The zero-order valence-electron chi connectivity index (χ0n) is 6.41. The summed E-state index contributed by atoms with van der Waals surface area (Å²) in [6.45, 7) is 1.10. The summed E-state index contributed by atoms with van der Waals surface area (Å²) in [6, 6.07) is 0. The first-order valence-electron chi connectivity index (χ1n) is 2.99. The highest BCUT2D eigenvalue weighted by molar-refractivity contribution is 14.1. The van der Waals surface area contributed by atoms with Crippen molar-refractivity contribution in [3.8, 4) is 0 Å². The summed E-state index contributed by atoms with van der Waals surface area (Å²) in [5.74, 6) is 0. The van der Waals surface area contributed by atoms with Crippen molar-refractivity contribution >= 4 is 48.6 Å². The van der Waals surface area contributed by atoms with Crippen molar-refractivity contribution in [3.63, 3.8) is 0 Å². The van der Waals surface area contributed by atoms with Crippen LogP contribution < -0.4 is 0 Å². The fourth-order valence-corrected chi connectivity index (χ4v) is 1.80. The molecule has 0 aliphatic rings. The molecule has 5 nitrogen and oxygen atoms in total. The Kier molecular flexibility index (Phi) is 5.55. The van der Waals surface area contributed by atoms with E-state index < -0.39 is 18.5 Å². The highest BCUT2D eigenvalue weighted by atomic mass is 127. The topological polar surface area (TPSA) is 72.8 Å². The van der Waals surface area contributed by atoms with E-state index in [2.05, 4.69) is 25.4 Å². The molecule has 2 atom stereocenters. The Morgan fingerprint density at radius 3 is 2.46 bits per heavy atom. The number of alkyl halides is 3. The van der Waals surface area contributed by atoms with Crippen LogP contribution in [-0.4, -0.2) is 28.0 Å². The Balaban J connectivity index is 4.74. The monoisotopic (exact) mass is 392 g/mol. The van der Waals surface area contributed by atoms with Gasteiger partial charge < -0.3 is 4.74 Å². The Bertz CT molecular complexity index is 257. The number of rotatable bonds is 5. The maximum absolute atomic E-state index is 13.2. The highest BCUT2D eigenvalue weighted by Crippen LogP contribution is 2.28. The van der Waals surface area contributed by atoms with Crippen molar-refractivity contribution in [2.24, 2.45) is 0 Å². The molecule has 0 aromatic carbocycles. The molecule has 0 bridgehead atoms. The first-order valence-corrected chi connectivity index (χ1v) is 6.59. The van der Waals surface area contributed by atoms with Crippen LogP contribution in [0, 0.1) is 0 Å². The van der Waals surface area contributed by atoms with Gasteiger partial charge in [0, 0.05) is 0 Å². The van der Waals surface area contributed by atoms with Gasteiger partial charge in [-0.15, -0.1) is 0 Å². The molecule has 80 valence electrons.